The number of allylic oxidation sites excluding steroid dienone is 2. The lowest BCUT2D eigenvalue weighted by Gasteiger charge is -2.30. The first kappa shape index (κ1) is 16.6. The summed E-state index contributed by atoms with van der Waals surface area (Å²) in [4.78, 5) is 11.9. The molecule has 2 fully saturated rings. The molecule has 1 N–H and O–H groups in total. The van der Waals surface area contributed by atoms with Crippen molar-refractivity contribution in [2.75, 3.05) is 0 Å². The minimum absolute atomic E-state index is 0.283. The largest absolute Gasteiger partial charge is 0.481 e. The molecule has 0 heterocycles. The number of fused-ring (bicyclic) bond motifs is 2. The standard InChI is InChI=1S/C20H26O2S/c21-19(22)11-7-2-1-6-10-18-15-12-13-16(14-15)20(18)23-17-8-4-3-5-9-17/h1,3-6,8-9,15-16,18,20H,2,7,10-14H2,(H,21,22)/b6-1-/t15-,16+,18-,20+/m0/s1. The number of aliphatic carboxylic acids is 1. The predicted octanol–water partition coefficient (Wildman–Crippen LogP) is 5.39. The summed E-state index contributed by atoms with van der Waals surface area (Å²) in [6.45, 7) is 0. The van der Waals surface area contributed by atoms with Crippen molar-refractivity contribution in [1.82, 2.24) is 0 Å². The lowest BCUT2D eigenvalue weighted by Crippen LogP contribution is -2.24. The van der Waals surface area contributed by atoms with Crippen molar-refractivity contribution in [3.63, 3.8) is 0 Å². The average Bonchev–Trinajstić information content (AvgIpc) is 3.14. The van der Waals surface area contributed by atoms with Gasteiger partial charge in [0.15, 0.2) is 0 Å². The zero-order valence-electron chi connectivity index (χ0n) is 13.6. The second kappa shape index (κ2) is 8.05. The van der Waals surface area contributed by atoms with Crippen molar-refractivity contribution < 1.29 is 9.90 Å². The van der Waals surface area contributed by atoms with Gasteiger partial charge in [0.2, 0.25) is 0 Å². The van der Waals surface area contributed by atoms with E-state index in [1.165, 1.54) is 30.6 Å². The van der Waals surface area contributed by atoms with Crippen LogP contribution in [0.5, 0.6) is 0 Å². The van der Waals surface area contributed by atoms with Crippen LogP contribution in [-0.2, 0) is 4.79 Å². The van der Waals surface area contributed by atoms with Crippen LogP contribution in [0.2, 0.25) is 0 Å². The summed E-state index contributed by atoms with van der Waals surface area (Å²) in [5.41, 5.74) is 0. The van der Waals surface area contributed by atoms with Crippen LogP contribution in [0.15, 0.2) is 47.4 Å². The third-order valence-electron chi connectivity index (χ3n) is 5.36. The van der Waals surface area contributed by atoms with Crippen molar-refractivity contribution >= 4 is 17.7 Å². The van der Waals surface area contributed by atoms with Gasteiger partial charge in [-0.2, -0.15) is 0 Å². The average molecular weight is 330 g/mol. The number of carboxylic acid groups (broad SMARTS) is 1. The Balaban J connectivity index is 1.52. The molecule has 0 aromatic heterocycles. The molecule has 0 radical (unpaired) electrons. The Hall–Kier alpha value is -1.22. The van der Waals surface area contributed by atoms with E-state index in [9.17, 15) is 4.79 Å². The molecule has 2 nitrogen and oxygen atoms in total. The summed E-state index contributed by atoms with van der Waals surface area (Å²) in [7, 11) is 0. The third kappa shape index (κ3) is 4.41. The molecule has 1 aromatic carbocycles. The molecule has 2 bridgehead atoms. The lowest BCUT2D eigenvalue weighted by molar-refractivity contribution is -0.137. The summed E-state index contributed by atoms with van der Waals surface area (Å²) in [6.07, 6.45) is 11.8. The molecule has 3 rings (SSSR count). The fraction of sp³-hybridized carbons (Fsp3) is 0.550. The number of carboxylic acids is 1. The SMILES string of the molecule is O=C(O)CCC/C=C\C[C@H]1[C@H]2CC[C@H](C2)[C@H]1Sc1ccccc1. The van der Waals surface area contributed by atoms with Gasteiger partial charge in [-0.25, -0.2) is 0 Å². The highest BCUT2D eigenvalue weighted by molar-refractivity contribution is 8.00. The van der Waals surface area contributed by atoms with Gasteiger partial charge >= 0.3 is 5.97 Å². The van der Waals surface area contributed by atoms with Crippen molar-refractivity contribution in [3.05, 3.63) is 42.5 Å². The Morgan fingerprint density at radius 2 is 1.96 bits per heavy atom. The van der Waals surface area contributed by atoms with E-state index in [1.54, 1.807) is 0 Å². The second-order valence-electron chi connectivity index (χ2n) is 6.89. The first-order valence-electron chi connectivity index (χ1n) is 8.82. The molecular formula is C20H26O2S. The molecule has 0 aliphatic heterocycles. The summed E-state index contributed by atoms with van der Waals surface area (Å²) in [6, 6.07) is 10.8. The molecule has 124 valence electrons. The van der Waals surface area contributed by atoms with Gasteiger partial charge in [0, 0.05) is 16.6 Å². The number of benzene rings is 1. The van der Waals surface area contributed by atoms with E-state index in [0.29, 0.717) is 0 Å². The number of rotatable bonds is 8. The molecule has 23 heavy (non-hydrogen) atoms. The number of carbonyl (C=O) groups is 1. The molecule has 0 unspecified atom stereocenters. The van der Waals surface area contributed by atoms with Gasteiger partial charge in [0.1, 0.15) is 0 Å². The molecule has 3 heteroatoms. The van der Waals surface area contributed by atoms with Gasteiger partial charge in [-0.05, 0) is 68.4 Å². The van der Waals surface area contributed by atoms with Crippen LogP contribution in [0.25, 0.3) is 0 Å². The minimum atomic E-state index is -0.689. The van der Waals surface area contributed by atoms with Crippen LogP contribution in [0.3, 0.4) is 0 Å². The van der Waals surface area contributed by atoms with Crippen LogP contribution in [0.1, 0.15) is 44.9 Å². The Morgan fingerprint density at radius 3 is 2.74 bits per heavy atom. The topological polar surface area (TPSA) is 37.3 Å². The van der Waals surface area contributed by atoms with Gasteiger partial charge in [-0.15, -0.1) is 11.8 Å². The van der Waals surface area contributed by atoms with Crippen LogP contribution in [-0.4, -0.2) is 16.3 Å². The maximum atomic E-state index is 10.5. The molecule has 1 aromatic rings. The van der Waals surface area contributed by atoms with Gasteiger partial charge in [-0.3, -0.25) is 4.79 Å². The van der Waals surface area contributed by atoms with Crippen LogP contribution in [0.4, 0.5) is 0 Å². The maximum Gasteiger partial charge on any atom is 0.303 e. The quantitative estimate of drug-likeness (QED) is 0.512. The van der Waals surface area contributed by atoms with Crippen molar-refractivity contribution in [3.8, 4) is 0 Å². The Morgan fingerprint density at radius 1 is 1.17 bits per heavy atom. The van der Waals surface area contributed by atoms with Crippen molar-refractivity contribution in [2.45, 2.75) is 55.1 Å². The molecule has 2 aliphatic carbocycles. The van der Waals surface area contributed by atoms with Gasteiger partial charge in [-0.1, -0.05) is 30.4 Å². The highest BCUT2D eigenvalue weighted by Crippen LogP contribution is 2.55. The van der Waals surface area contributed by atoms with E-state index >= 15 is 0 Å². The number of hydrogen-bond donors (Lipinski definition) is 1. The van der Waals surface area contributed by atoms with E-state index < -0.39 is 5.97 Å². The fourth-order valence-corrected chi connectivity index (χ4v) is 5.84. The summed E-state index contributed by atoms with van der Waals surface area (Å²) in [5.74, 6) is 1.92. The Kier molecular flexibility index (Phi) is 5.82. The smallest absolute Gasteiger partial charge is 0.303 e. The second-order valence-corrected chi connectivity index (χ2v) is 8.14. The Labute approximate surface area is 143 Å². The number of thioether (sulfide) groups is 1. The van der Waals surface area contributed by atoms with E-state index in [0.717, 1.165) is 35.8 Å². The fourth-order valence-electron chi connectivity index (χ4n) is 4.27. The van der Waals surface area contributed by atoms with Crippen molar-refractivity contribution in [1.29, 1.82) is 0 Å². The van der Waals surface area contributed by atoms with Gasteiger partial charge in [0.25, 0.3) is 0 Å². The minimum Gasteiger partial charge on any atom is -0.481 e. The molecule has 2 aliphatic rings. The van der Waals surface area contributed by atoms with Crippen LogP contribution < -0.4 is 0 Å². The zero-order chi connectivity index (χ0) is 16.1. The summed E-state index contributed by atoms with van der Waals surface area (Å²) in [5, 5.41) is 9.43. The summed E-state index contributed by atoms with van der Waals surface area (Å²) < 4.78 is 0. The molecule has 0 saturated heterocycles. The van der Waals surface area contributed by atoms with E-state index in [2.05, 4.69) is 54.2 Å². The maximum absolute atomic E-state index is 10.5. The van der Waals surface area contributed by atoms with E-state index in [1.807, 2.05) is 0 Å². The monoisotopic (exact) mass is 330 g/mol. The number of hydrogen-bond acceptors (Lipinski definition) is 2. The third-order valence-corrected chi connectivity index (χ3v) is 6.91. The molecule has 0 amide bonds. The molecule has 2 saturated carbocycles. The normalized spacial score (nSPS) is 29.4. The molecule has 0 spiro atoms. The molecular weight excluding hydrogens is 304 g/mol. The highest BCUT2D eigenvalue weighted by atomic mass is 32.2. The van der Waals surface area contributed by atoms with Crippen LogP contribution >= 0.6 is 11.8 Å². The Bertz CT molecular complexity index is 540. The van der Waals surface area contributed by atoms with E-state index in [-0.39, 0.29) is 6.42 Å². The van der Waals surface area contributed by atoms with Gasteiger partial charge in [0.05, 0.1) is 0 Å². The predicted molar refractivity (Wildman–Crippen MR) is 95.7 cm³/mol. The first-order chi connectivity index (χ1) is 11.2. The lowest BCUT2D eigenvalue weighted by atomic mass is 9.86. The molecule has 4 atom stereocenters. The summed E-state index contributed by atoms with van der Waals surface area (Å²) >= 11 is 2.08. The van der Waals surface area contributed by atoms with Crippen LogP contribution in [0, 0.1) is 17.8 Å². The highest BCUT2D eigenvalue weighted by Gasteiger charge is 2.47. The number of unbranched alkanes of at least 4 members (excludes halogenated alkanes) is 1. The van der Waals surface area contributed by atoms with Crippen molar-refractivity contribution in [2.24, 2.45) is 17.8 Å². The van der Waals surface area contributed by atoms with E-state index in [4.69, 9.17) is 5.11 Å². The zero-order valence-corrected chi connectivity index (χ0v) is 14.4. The van der Waals surface area contributed by atoms with Gasteiger partial charge < -0.3 is 5.11 Å². The first-order valence-corrected chi connectivity index (χ1v) is 9.70.